The smallest absolute Gasteiger partial charge is 0.233 e. The van der Waals surface area contributed by atoms with E-state index in [0.29, 0.717) is 20.4 Å². The molecule has 0 unspecified atom stereocenters. The molecule has 1 atom stereocenters. The molecule has 3 rings (SSSR count). The Morgan fingerprint density at radius 3 is 2.58 bits per heavy atom. The average Bonchev–Trinajstić information content (AvgIpc) is 2.90. The molecule has 124 valence electrons. The normalized spacial score (nSPS) is 12.5. The van der Waals surface area contributed by atoms with Gasteiger partial charge in [-0.2, -0.15) is 0 Å². The van der Waals surface area contributed by atoms with Gasteiger partial charge in [-0.15, -0.1) is 0 Å². The summed E-state index contributed by atoms with van der Waals surface area (Å²) in [6.07, 6.45) is 0. The minimum absolute atomic E-state index is 0.109. The van der Waals surface area contributed by atoms with Crippen LogP contribution in [0.3, 0.4) is 0 Å². The largest absolute Gasteiger partial charge is 0.301 e. The first-order chi connectivity index (χ1) is 11.4. The van der Waals surface area contributed by atoms with E-state index < -0.39 is 0 Å². The molecule has 2 aromatic carbocycles. The molecule has 0 aliphatic carbocycles. The molecule has 6 heteroatoms. The van der Waals surface area contributed by atoms with Crippen molar-refractivity contribution in [2.24, 2.45) is 5.92 Å². The lowest BCUT2D eigenvalue weighted by atomic mass is 9.88. The van der Waals surface area contributed by atoms with E-state index in [1.54, 1.807) is 18.2 Å². The summed E-state index contributed by atoms with van der Waals surface area (Å²) in [5, 5.41) is 3.96. The fourth-order valence-electron chi connectivity index (χ4n) is 2.64. The topological polar surface area (TPSA) is 42.0 Å². The van der Waals surface area contributed by atoms with Crippen LogP contribution in [0.2, 0.25) is 5.02 Å². The second kappa shape index (κ2) is 6.87. The lowest BCUT2D eigenvalue weighted by Crippen LogP contribution is -2.25. The second-order valence-corrected chi connectivity index (χ2v) is 7.36. The first-order valence-electron chi connectivity index (χ1n) is 7.56. The van der Waals surface area contributed by atoms with Crippen molar-refractivity contribution in [3.05, 3.63) is 58.9 Å². The third-order valence-electron chi connectivity index (χ3n) is 3.76. The third kappa shape index (κ3) is 3.57. The summed E-state index contributed by atoms with van der Waals surface area (Å²) in [6.45, 7) is 3.99. The Hall–Kier alpha value is -1.98. The van der Waals surface area contributed by atoms with Crippen molar-refractivity contribution in [2.45, 2.75) is 19.8 Å². The van der Waals surface area contributed by atoms with Crippen LogP contribution < -0.4 is 5.32 Å². The van der Waals surface area contributed by atoms with Crippen molar-refractivity contribution in [2.75, 3.05) is 5.32 Å². The van der Waals surface area contributed by atoms with Crippen LogP contribution in [0, 0.1) is 11.7 Å². The summed E-state index contributed by atoms with van der Waals surface area (Å²) < 4.78 is 14.0. The highest BCUT2D eigenvalue weighted by Gasteiger charge is 2.25. The van der Waals surface area contributed by atoms with Gasteiger partial charge in [0.25, 0.3) is 0 Å². The Balaban J connectivity index is 1.85. The van der Waals surface area contributed by atoms with Crippen LogP contribution in [-0.2, 0) is 4.79 Å². The molecule has 1 amide bonds. The second-order valence-electron chi connectivity index (χ2n) is 5.89. The number of benzene rings is 2. The van der Waals surface area contributed by atoms with E-state index in [0.717, 1.165) is 5.56 Å². The number of rotatable bonds is 4. The lowest BCUT2D eigenvalue weighted by molar-refractivity contribution is -0.118. The molecular weight excluding hydrogens is 347 g/mol. The lowest BCUT2D eigenvalue weighted by Gasteiger charge is -2.20. The number of thiazole rings is 1. The molecule has 0 fully saturated rings. The highest BCUT2D eigenvalue weighted by atomic mass is 35.5. The third-order valence-corrected chi connectivity index (χ3v) is 4.94. The van der Waals surface area contributed by atoms with E-state index in [2.05, 4.69) is 10.3 Å². The number of halogens is 2. The molecule has 0 radical (unpaired) electrons. The first kappa shape index (κ1) is 16.9. The average molecular weight is 363 g/mol. The van der Waals surface area contributed by atoms with Crippen LogP contribution in [0.15, 0.2) is 42.5 Å². The van der Waals surface area contributed by atoms with Gasteiger partial charge in [-0.3, -0.25) is 4.79 Å². The van der Waals surface area contributed by atoms with Gasteiger partial charge in [-0.05, 0) is 41.8 Å². The van der Waals surface area contributed by atoms with Gasteiger partial charge in [0.05, 0.1) is 16.1 Å². The number of anilines is 1. The standard InChI is InChI=1S/C18H16ClFN2OS/c1-10(2)16(11-3-5-12(19)6-4-11)17(23)22-18-21-14-8-7-13(20)9-15(14)24-18/h3-10,16H,1-2H3,(H,21,22,23)/t16-/m1/s1. The van der Waals surface area contributed by atoms with Gasteiger partial charge < -0.3 is 5.32 Å². The van der Waals surface area contributed by atoms with Gasteiger partial charge in [0.2, 0.25) is 5.91 Å². The minimum atomic E-state index is -0.315. The number of fused-ring (bicyclic) bond motifs is 1. The Morgan fingerprint density at radius 2 is 1.92 bits per heavy atom. The van der Waals surface area contributed by atoms with E-state index in [4.69, 9.17) is 11.6 Å². The predicted octanol–water partition coefficient (Wildman–Crippen LogP) is 5.47. The van der Waals surface area contributed by atoms with Gasteiger partial charge in [0.15, 0.2) is 5.13 Å². The maximum Gasteiger partial charge on any atom is 0.233 e. The Labute approximate surface area is 148 Å². The molecule has 0 spiro atoms. The van der Waals surface area contributed by atoms with E-state index in [1.807, 2.05) is 26.0 Å². The summed E-state index contributed by atoms with van der Waals surface area (Å²) in [7, 11) is 0. The van der Waals surface area contributed by atoms with Crippen molar-refractivity contribution < 1.29 is 9.18 Å². The van der Waals surface area contributed by atoms with Gasteiger partial charge in [0.1, 0.15) is 5.82 Å². The number of hydrogen-bond donors (Lipinski definition) is 1. The van der Waals surface area contributed by atoms with Gasteiger partial charge in [-0.1, -0.05) is 48.9 Å². The number of nitrogens with zero attached hydrogens (tertiary/aromatic N) is 1. The van der Waals surface area contributed by atoms with Crippen LogP contribution in [0.25, 0.3) is 10.2 Å². The summed E-state index contributed by atoms with van der Waals surface area (Å²) in [5.41, 5.74) is 1.57. The predicted molar refractivity (Wildman–Crippen MR) is 97.2 cm³/mol. The maximum atomic E-state index is 13.3. The van der Waals surface area contributed by atoms with E-state index in [-0.39, 0.29) is 23.6 Å². The summed E-state index contributed by atoms with van der Waals surface area (Å²) >= 11 is 7.19. The Morgan fingerprint density at radius 1 is 1.21 bits per heavy atom. The van der Waals surface area contributed by atoms with Crippen molar-refractivity contribution >= 4 is 44.2 Å². The molecular formula is C18H16ClFN2OS. The van der Waals surface area contributed by atoms with Crippen molar-refractivity contribution in [3.63, 3.8) is 0 Å². The number of nitrogens with one attached hydrogen (secondary N) is 1. The molecule has 24 heavy (non-hydrogen) atoms. The van der Waals surface area contributed by atoms with Crippen LogP contribution >= 0.6 is 22.9 Å². The molecule has 0 saturated heterocycles. The summed E-state index contributed by atoms with van der Waals surface area (Å²) in [4.78, 5) is 17.1. The minimum Gasteiger partial charge on any atom is -0.301 e. The van der Waals surface area contributed by atoms with E-state index in [1.165, 1.54) is 23.5 Å². The van der Waals surface area contributed by atoms with Gasteiger partial charge in [-0.25, -0.2) is 9.37 Å². The Bertz CT molecular complexity index is 876. The fourth-order valence-corrected chi connectivity index (χ4v) is 3.66. The molecule has 0 bridgehead atoms. The van der Waals surface area contributed by atoms with Crippen LogP contribution in [-0.4, -0.2) is 10.9 Å². The SMILES string of the molecule is CC(C)[C@@H](C(=O)Nc1nc2ccc(F)cc2s1)c1ccc(Cl)cc1. The molecule has 0 saturated carbocycles. The quantitative estimate of drug-likeness (QED) is 0.668. The zero-order chi connectivity index (χ0) is 17.3. The maximum absolute atomic E-state index is 13.3. The zero-order valence-corrected chi connectivity index (χ0v) is 14.8. The number of carbonyl (C=O) groups is 1. The van der Waals surface area contributed by atoms with Crippen LogP contribution in [0.1, 0.15) is 25.3 Å². The molecule has 0 aliphatic rings. The fraction of sp³-hybridized carbons (Fsp3) is 0.222. The number of carbonyl (C=O) groups excluding carboxylic acids is 1. The number of hydrogen-bond acceptors (Lipinski definition) is 3. The van der Waals surface area contributed by atoms with Gasteiger partial charge in [0, 0.05) is 5.02 Å². The van der Waals surface area contributed by atoms with E-state index >= 15 is 0 Å². The van der Waals surface area contributed by atoms with Crippen molar-refractivity contribution in [1.82, 2.24) is 4.98 Å². The number of aromatic nitrogens is 1. The van der Waals surface area contributed by atoms with E-state index in [9.17, 15) is 9.18 Å². The molecule has 1 heterocycles. The molecule has 1 aromatic heterocycles. The highest BCUT2D eigenvalue weighted by molar-refractivity contribution is 7.22. The number of amides is 1. The molecule has 3 nitrogen and oxygen atoms in total. The Kier molecular flexibility index (Phi) is 4.83. The molecule has 1 N–H and O–H groups in total. The molecule has 0 aliphatic heterocycles. The summed E-state index contributed by atoms with van der Waals surface area (Å²) in [5.74, 6) is -0.652. The first-order valence-corrected chi connectivity index (χ1v) is 8.76. The van der Waals surface area contributed by atoms with Crippen LogP contribution in [0.4, 0.5) is 9.52 Å². The van der Waals surface area contributed by atoms with Crippen molar-refractivity contribution in [3.8, 4) is 0 Å². The van der Waals surface area contributed by atoms with Crippen molar-refractivity contribution in [1.29, 1.82) is 0 Å². The summed E-state index contributed by atoms with van der Waals surface area (Å²) in [6, 6.07) is 11.7. The monoisotopic (exact) mass is 362 g/mol. The van der Waals surface area contributed by atoms with Gasteiger partial charge >= 0.3 is 0 Å². The zero-order valence-electron chi connectivity index (χ0n) is 13.2. The molecule has 3 aromatic rings. The highest BCUT2D eigenvalue weighted by Crippen LogP contribution is 2.30. The van der Waals surface area contributed by atoms with Crippen LogP contribution in [0.5, 0.6) is 0 Å².